The van der Waals surface area contributed by atoms with Crippen LogP contribution in [0.2, 0.25) is 0 Å². The summed E-state index contributed by atoms with van der Waals surface area (Å²) < 4.78 is 6.42. The second-order valence-corrected chi connectivity index (χ2v) is 8.21. The summed E-state index contributed by atoms with van der Waals surface area (Å²) >= 11 is 1.44. The van der Waals surface area contributed by atoms with E-state index in [-0.39, 0.29) is 24.3 Å². The van der Waals surface area contributed by atoms with Crippen molar-refractivity contribution < 1.29 is 14.3 Å². The van der Waals surface area contributed by atoms with E-state index >= 15 is 0 Å². The van der Waals surface area contributed by atoms with Gasteiger partial charge in [-0.05, 0) is 43.2 Å². The molecule has 1 aliphatic rings. The number of hydrogen-bond acceptors (Lipinski definition) is 5. The molecule has 0 spiro atoms. The highest BCUT2D eigenvalue weighted by molar-refractivity contribution is 7.22. The molecule has 1 heterocycles. The monoisotopic (exact) mass is 409 g/mol. The maximum absolute atomic E-state index is 12.4. The van der Waals surface area contributed by atoms with Gasteiger partial charge in [0.15, 0.2) is 11.7 Å². The third-order valence-corrected chi connectivity index (χ3v) is 5.94. The molecule has 7 heteroatoms. The summed E-state index contributed by atoms with van der Waals surface area (Å²) in [4.78, 5) is 29.1. The lowest BCUT2D eigenvalue weighted by molar-refractivity contribution is -0.120. The van der Waals surface area contributed by atoms with E-state index in [4.69, 9.17) is 4.74 Å². The maximum Gasteiger partial charge on any atom is 0.262 e. The minimum atomic E-state index is -0.241. The number of nitrogens with zero attached hydrogens (tertiary/aromatic N) is 1. The number of rotatable bonds is 6. The van der Waals surface area contributed by atoms with Crippen LogP contribution in [-0.4, -0.2) is 23.4 Å². The summed E-state index contributed by atoms with van der Waals surface area (Å²) in [7, 11) is 0. The van der Waals surface area contributed by atoms with E-state index in [2.05, 4.69) is 15.6 Å². The molecule has 2 N–H and O–H groups in total. The number of hydrogen-bond donors (Lipinski definition) is 2. The van der Waals surface area contributed by atoms with Gasteiger partial charge < -0.3 is 15.4 Å². The van der Waals surface area contributed by atoms with Gasteiger partial charge in [-0.15, -0.1) is 0 Å². The SMILES string of the molecule is O=C(COc1ccccc1)Nc1ccc2sc(NC(=O)C3CCCCC3)nc2c1. The van der Waals surface area contributed by atoms with Crippen molar-refractivity contribution in [1.82, 2.24) is 4.98 Å². The summed E-state index contributed by atoms with van der Waals surface area (Å²) in [6, 6.07) is 14.7. The van der Waals surface area contributed by atoms with Gasteiger partial charge in [0.2, 0.25) is 5.91 Å². The number of carbonyl (C=O) groups excluding carboxylic acids is 2. The number of thiazole rings is 1. The number of para-hydroxylation sites is 1. The first-order chi connectivity index (χ1) is 14.2. The summed E-state index contributed by atoms with van der Waals surface area (Å²) in [5.41, 5.74) is 1.39. The molecule has 0 bridgehead atoms. The van der Waals surface area contributed by atoms with Crippen LogP contribution in [0.3, 0.4) is 0 Å². The molecule has 1 saturated carbocycles. The van der Waals surface area contributed by atoms with Crippen LogP contribution < -0.4 is 15.4 Å². The molecule has 0 radical (unpaired) electrons. The lowest BCUT2D eigenvalue weighted by Gasteiger charge is -2.19. The molecule has 1 fully saturated rings. The summed E-state index contributed by atoms with van der Waals surface area (Å²) in [5.74, 6) is 0.566. The Labute approximate surface area is 173 Å². The van der Waals surface area contributed by atoms with E-state index in [9.17, 15) is 9.59 Å². The highest BCUT2D eigenvalue weighted by Gasteiger charge is 2.22. The lowest BCUT2D eigenvalue weighted by Crippen LogP contribution is -2.24. The van der Waals surface area contributed by atoms with Gasteiger partial charge in [0.1, 0.15) is 5.75 Å². The van der Waals surface area contributed by atoms with E-state index in [1.165, 1.54) is 17.8 Å². The van der Waals surface area contributed by atoms with Crippen molar-refractivity contribution in [2.45, 2.75) is 32.1 Å². The highest BCUT2D eigenvalue weighted by atomic mass is 32.1. The summed E-state index contributed by atoms with van der Waals surface area (Å²) in [6.07, 6.45) is 5.37. The smallest absolute Gasteiger partial charge is 0.262 e. The van der Waals surface area contributed by atoms with Crippen LogP contribution in [0.5, 0.6) is 5.75 Å². The average Bonchev–Trinajstić information content (AvgIpc) is 3.15. The normalized spacial score (nSPS) is 14.5. The Kier molecular flexibility index (Phi) is 6.05. The Morgan fingerprint density at radius 3 is 2.62 bits per heavy atom. The molecule has 2 amide bonds. The molecule has 150 valence electrons. The number of amides is 2. The fourth-order valence-corrected chi connectivity index (χ4v) is 4.34. The van der Waals surface area contributed by atoms with Crippen molar-refractivity contribution >= 4 is 44.2 Å². The van der Waals surface area contributed by atoms with Crippen molar-refractivity contribution in [3.8, 4) is 5.75 Å². The number of ether oxygens (including phenoxy) is 1. The quantitative estimate of drug-likeness (QED) is 0.611. The second kappa shape index (κ2) is 9.05. The molecule has 1 aromatic heterocycles. The zero-order valence-electron chi connectivity index (χ0n) is 16.0. The molecule has 0 atom stereocenters. The molecule has 2 aromatic carbocycles. The molecule has 4 rings (SSSR count). The first kappa shape index (κ1) is 19.4. The third kappa shape index (κ3) is 5.12. The molecule has 0 unspecified atom stereocenters. The number of aromatic nitrogens is 1. The number of fused-ring (bicyclic) bond motifs is 1. The largest absolute Gasteiger partial charge is 0.484 e. The van der Waals surface area contributed by atoms with Gasteiger partial charge in [-0.3, -0.25) is 9.59 Å². The number of carbonyl (C=O) groups is 2. The van der Waals surface area contributed by atoms with E-state index in [1.54, 1.807) is 12.1 Å². The van der Waals surface area contributed by atoms with Crippen molar-refractivity contribution in [3.05, 3.63) is 48.5 Å². The van der Waals surface area contributed by atoms with Crippen LogP contribution in [0, 0.1) is 5.92 Å². The number of nitrogens with one attached hydrogen (secondary N) is 2. The van der Waals surface area contributed by atoms with Crippen molar-refractivity contribution in [3.63, 3.8) is 0 Å². The number of anilines is 2. The first-order valence-corrected chi connectivity index (χ1v) is 10.7. The minimum Gasteiger partial charge on any atom is -0.484 e. The fourth-order valence-electron chi connectivity index (χ4n) is 3.49. The van der Waals surface area contributed by atoms with Gasteiger partial charge in [0.25, 0.3) is 5.91 Å². The van der Waals surface area contributed by atoms with Gasteiger partial charge in [0.05, 0.1) is 10.2 Å². The average molecular weight is 410 g/mol. The fraction of sp³-hybridized carbons (Fsp3) is 0.318. The van der Waals surface area contributed by atoms with Crippen LogP contribution >= 0.6 is 11.3 Å². The topological polar surface area (TPSA) is 80.3 Å². The predicted molar refractivity (Wildman–Crippen MR) is 115 cm³/mol. The predicted octanol–water partition coefficient (Wildman–Crippen LogP) is 4.83. The molecular weight excluding hydrogens is 386 g/mol. The van der Waals surface area contributed by atoms with Crippen molar-refractivity contribution in [1.29, 1.82) is 0 Å². The van der Waals surface area contributed by atoms with Crippen LogP contribution in [0.1, 0.15) is 32.1 Å². The van der Waals surface area contributed by atoms with Gasteiger partial charge in [-0.1, -0.05) is 48.8 Å². The Morgan fingerprint density at radius 1 is 1.03 bits per heavy atom. The Bertz CT molecular complexity index is 997. The molecule has 0 aliphatic heterocycles. The molecular formula is C22H23N3O3S. The Balaban J connectivity index is 1.36. The van der Waals surface area contributed by atoms with E-state index in [0.717, 1.165) is 35.9 Å². The standard InChI is InChI=1S/C22H23N3O3S/c26-20(14-28-17-9-5-2-6-10-17)23-16-11-12-19-18(13-16)24-22(29-19)25-21(27)15-7-3-1-4-8-15/h2,5-6,9-13,15H,1,3-4,7-8,14H2,(H,23,26)(H,24,25,27). The van der Waals surface area contributed by atoms with E-state index < -0.39 is 0 Å². The van der Waals surface area contributed by atoms with E-state index in [0.29, 0.717) is 16.6 Å². The van der Waals surface area contributed by atoms with Crippen LogP contribution in [-0.2, 0) is 9.59 Å². The molecule has 29 heavy (non-hydrogen) atoms. The van der Waals surface area contributed by atoms with Gasteiger partial charge in [0, 0.05) is 11.6 Å². The van der Waals surface area contributed by atoms with Crippen molar-refractivity contribution in [2.24, 2.45) is 5.92 Å². The van der Waals surface area contributed by atoms with Gasteiger partial charge >= 0.3 is 0 Å². The Morgan fingerprint density at radius 2 is 1.83 bits per heavy atom. The summed E-state index contributed by atoms with van der Waals surface area (Å²) in [5, 5.41) is 6.38. The molecule has 1 aliphatic carbocycles. The Hall–Kier alpha value is -2.93. The minimum absolute atomic E-state index is 0.0651. The van der Waals surface area contributed by atoms with Crippen molar-refractivity contribution in [2.75, 3.05) is 17.2 Å². The zero-order valence-corrected chi connectivity index (χ0v) is 16.8. The second-order valence-electron chi connectivity index (χ2n) is 7.18. The van der Waals surface area contributed by atoms with Crippen LogP contribution in [0.25, 0.3) is 10.2 Å². The highest BCUT2D eigenvalue weighted by Crippen LogP contribution is 2.30. The van der Waals surface area contributed by atoms with Gasteiger partial charge in [-0.2, -0.15) is 0 Å². The van der Waals surface area contributed by atoms with Gasteiger partial charge in [-0.25, -0.2) is 4.98 Å². The molecule has 0 saturated heterocycles. The summed E-state index contributed by atoms with van der Waals surface area (Å²) in [6.45, 7) is -0.0676. The van der Waals surface area contributed by atoms with Crippen LogP contribution in [0.4, 0.5) is 10.8 Å². The molecule has 3 aromatic rings. The maximum atomic E-state index is 12.4. The third-order valence-electron chi connectivity index (χ3n) is 4.99. The first-order valence-electron chi connectivity index (χ1n) is 9.86. The zero-order chi connectivity index (χ0) is 20.1. The van der Waals surface area contributed by atoms with Crippen LogP contribution in [0.15, 0.2) is 48.5 Å². The molecule has 6 nitrogen and oxygen atoms in total. The number of benzene rings is 2. The lowest BCUT2D eigenvalue weighted by atomic mass is 9.89. The van der Waals surface area contributed by atoms with E-state index in [1.807, 2.05) is 36.4 Å².